The lowest BCUT2D eigenvalue weighted by Gasteiger charge is -2.11. The Bertz CT molecular complexity index is 1320. The maximum atomic E-state index is 12.8. The van der Waals surface area contributed by atoms with Crippen molar-refractivity contribution in [2.75, 3.05) is 14.2 Å². The smallest absolute Gasteiger partial charge is 0.335 e. The van der Waals surface area contributed by atoms with Gasteiger partial charge in [-0.05, 0) is 77.5 Å². The molecular weight excluding hydrogens is 488 g/mol. The Morgan fingerprint density at radius 2 is 1.80 bits per heavy atom. The van der Waals surface area contributed by atoms with E-state index in [2.05, 4.69) is 4.99 Å². The number of amides is 1. The highest BCUT2D eigenvalue weighted by Gasteiger charge is 2.30. The molecule has 1 aliphatic rings. The second kappa shape index (κ2) is 10.7. The number of amidine groups is 1. The van der Waals surface area contributed by atoms with Crippen molar-refractivity contribution in [3.05, 3.63) is 93.3 Å². The summed E-state index contributed by atoms with van der Waals surface area (Å²) < 4.78 is 11.4. The van der Waals surface area contributed by atoms with Crippen molar-refractivity contribution in [2.24, 2.45) is 4.99 Å². The van der Waals surface area contributed by atoms with Gasteiger partial charge in [-0.3, -0.25) is 9.69 Å². The van der Waals surface area contributed by atoms with Crippen LogP contribution in [0.25, 0.3) is 6.08 Å². The molecule has 1 heterocycles. The van der Waals surface area contributed by atoms with Crippen molar-refractivity contribution in [3.63, 3.8) is 0 Å². The van der Waals surface area contributed by atoms with Crippen LogP contribution in [0.5, 0.6) is 11.5 Å². The van der Waals surface area contributed by atoms with Crippen LogP contribution in [0, 0.1) is 0 Å². The van der Waals surface area contributed by atoms with Gasteiger partial charge in [0.25, 0.3) is 5.91 Å². The molecule has 1 aliphatic heterocycles. The molecule has 0 spiro atoms. The minimum absolute atomic E-state index is 0.174. The van der Waals surface area contributed by atoms with Crippen LogP contribution in [0.2, 0.25) is 5.02 Å². The number of rotatable bonds is 7. The zero-order valence-electron chi connectivity index (χ0n) is 18.9. The third kappa shape index (κ3) is 5.85. The lowest BCUT2D eigenvalue weighted by Crippen LogP contribution is -2.23. The Morgan fingerprint density at radius 3 is 2.46 bits per heavy atom. The number of ether oxygens (including phenoxy) is 2. The summed E-state index contributed by atoms with van der Waals surface area (Å²) in [4.78, 5) is 30.2. The average molecular weight is 509 g/mol. The van der Waals surface area contributed by atoms with E-state index in [1.807, 2.05) is 30.3 Å². The van der Waals surface area contributed by atoms with Gasteiger partial charge in [0.05, 0.1) is 23.3 Å². The molecule has 178 valence electrons. The first-order valence-electron chi connectivity index (χ1n) is 10.5. The molecule has 3 aromatic rings. The number of aliphatic imine (C=N–C) groups is 1. The van der Waals surface area contributed by atoms with Crippen molar-refractivity contribution in [1.29, 1.82) is 0 Å². The van der Waals surface area contributed by atoms with Crippen LogP contribution in [0.1, 0.15) is 21.5 Å². The molecule has 7 nitrogen and oxygen atoms in total. The number of aromatic carboxylic acids is 1. The van der Waals surface area contributed by atoms with Gasteiger partial charge >= 0.3 is 5.97 Å². The number of likely N-dealkylation sites (N-methyl/N-ethyl adjacent to an activating group) is 1. The highest BCUT2D eigenvalue weighted by Crippen LogP contribution is 2.35. The SMILES string of the molecule is COc1cc(/C=C2\SC(=Nc3ccc(C(=O)O)cc3)N(C)C2=O)ccc1OCc1ccc(Cl)cc1. The van der Waals surface area contributed by atoms with E-state index in [-0.39, 0.29) is 11.5 Å². The lowest BCUT2D eigenvalue weighted by atomic mass is 10.2. The quantitative estimate of drug-likeness (QED) is 0.402. The molecule has 3 aromatic carbocycles. The summed E-state index contributed by atoms with van der Waals surface area (Å²) in [6.07, 6.45) is 1.77. The molecule has 0 bridgehead atoms. The summed E-state index contributed by atoms with van der Waals surface area (Å²) >= 11 is 7.17. The highest BCUT2D eigenvalue weighted by atomic mass is 35.5. The number of hydrogen-bond acceptors (Lipinski definition) is 6. The predicted octanol–water partition coefficient (Wildman–Crippen LogP) is 5.86. The molecule has 1 fully saturated rings. The van der Waals surface area contributed by atoms with Gasteiger partial charge in [-0.15, -0.1) is 0 Å². The topological polar surface area (TPSA) is 88.4 Å². The molecule has 0 aliphatic carbocycles. The van der Waals surface area contributed by atoms with Gasteiger partial charge in [-0.2, -0.15) is 0 Å². The Balaban J connectivity index is 1.50. The number of nitrogens with zero attached hydrogens (tertiary/aromatic N) is 2. The minimum Gasteiger partial charge on any atom is -0.493 e. The van der Waals surface area contributed by atoms with Crippen molar-refractivity contribution < 1.29 is 24.2 Å². The van der Waals surface area contributed by atoms with E-state index in [4.69, 9.17) is 26.2 Å². The molecule has 35 heavy (non-hydrogen) atoms. The second-order valence-corrected chi connectivity index (χ2v) is 8.99. The third-order valence-corrected chi connectivity index (χ3v) is 6.45. The molecule has 1 amide bonds. The van der Waals surface area contributed by atoms with Crippen LogP contribution in [0.4, 0.5) is 5.69 Å². The van der Waals surface area contributed by atoms with Crippen molar-refractivity contribution in [1.82, 2.24) is 4.90 Å². The van der Waals surface area contributed by atoms with Gasteiger partial charge in [-0.25, -0.2) is 9.79 Å². The van der Waals surface area contributed by atoms with Crippen molar-refractivity contribution in [2.45, 2.75) is 6.61 Å². The zero-order chi connectivity index (χ0) is 24.9. The van der Waals surface area contributed by atoms with Crippen LogP contribution in [-0.4, -0.2) is 41.2 Å². The zero-order valence-corrected chi connectivity index (χ0v) is 20.5. The van der Waals surface area contributed by atoms with Gasteiger partial charge in [0.1, 0.15) is 6.61 Å². The molecule has 0 saturated carbocycles. The van der Waals surface area contributed by atoms with Crippen LogP contribution in [0.15, 0.2) is 76.6 Å². The number of methoxy groups -OCH3 is 1. The number of halogens is 1. The lowest BCUT2D eigenvalue weighted by molar-refractivity contribution is -0.121. The third-order valence-electron chi connectivity index (χ3n) is 5.14. The fourth-order valence-corrected chi connectivity index (χ4v) is 4.34. The number of benzene rings is 3. The number of thioether (sulfide) groups is 1. The fraction of sp³-hybridized carbons (Fsp3) is 0.115. The molecule has 9 heteroatoms. The number of carboxylic acids is 1. The Labute approximate surface area is 211 Å². The normalized spacial score (nSPS) is 15.6. The molecule has 4 rings (SSSR count). The van der Waals surface area contributed by atoms with E-state index in [0.717, 1.165) is 11.1 Å². The Hall–Kier alpha value is -3.75. The summed E-state index contributed by atoms with van der Waals surface area (Å²) in [5, 5.41) is 10.2. The average Bonchev–Trinajstić information content (AvgIpc) is 3.12. The van der Waals surface area contributed by atoms with Crippen LogP contribution in [-0.2, 0) is 11.4 Å². The van der Waals surface area contributed by atoms with Gasteiger partial charge in [-0.1, -0.05) is 29.8 Å². The maximum absolute atomic E-state index is 12.8. The second-order valence-electron chi connectivity index (χ2n) is 7.55. The van der Waals surface area contributed by atoms with E-state index in [0.29, 0.717) is 38.9 Å². The van der Waals surface area contributed by atoms with Crippen LogP contribution < -0.4 is 9.47 Å². The standard InChI is InChI=1S/C26H21ClN2O5S/c1-29-24(30)23(35-26(29)28-20-10-6-18(7-11-20)25(31)32)14-17-5-12-21(22(13-17)33-2)34-15-16-3-8-19(27)9-4-16/h3-14H,15H2,1-2H3,(H,31,32)/b23-14-,28-26?. The van der Waals surface area contributed by atoms with Gasteiger partial charge in [0, 0.05) is 12.1 Å². The molecule has 0 atom stereocenters. The maximum Gasteiger partial charge on any atom is 0.335 e. The molecule has 1 saturated heterocycles. The number of carbonyl (C=O) groups is 2. The predicted molar refractivity (Wildman–Crippen MR) is 138 cm³/mol. The highest BCUT2D eigenvalue weighted by molar-refractivity contribution is 8.18. The summed E-state index contributed by atoms with van der Waals surface area (Å²) in [6, 6.07) is 19.0. The molecule has 0 unspecified atom stereocenters. The van der Waals surface area contributed by atoms with E-state index >= 15 is 0 Å². The monoisotopic (exact) mass is 508 g/mol. The van der Waals surface area contributed by atoms with E-state index in [9.17, 15) is 9.59 Å². The van der Waals surface area contributed by atoms with Gasteiger partial charge < -0.3 is 14.6 Å². The summed E-state index contributed by atoms with van der Waals surface area (Å²) in [5.74, 6) is -0.0598. The number of carbonyl (C=O) groups excluding carboxylic acids is 1. The number of carboxylic acid groups (broad SMARTS) is 1. The van der Waals surface area contributed by atoms with Crippen LogP contribution >= 0.6 is 23.4 Å². The Kier molecular flexibility index (Phi) is 7.43. The summed E-state index contributed by atoms with van der Waals surface area (Å²) in [7, 11) is 3.21. The largest absolute Gasteiger partial charge is 0.493 e. The first-order chi connectivity index (χ1) is 16.8. The van der Waals surface area contributed by atoms with E-state index in [1.165, 1.54) is 28.8 Å². The summed E-state index contributed by atoms with van der Waals surface area (Å²) in [5.41, 5.74) is 2.48. The summed E-state index contributed by atoms with van der Waals surface area (Å²) in [6.45, 7) is 0.361. The minimum atomic E-state index is -1.01. The molecular formula is C26H21ClN2O5S. The van der Waals surface area contributed by atoms with Crippen molar-refractivity contribution >= 4 is 52.2 Å². The van der Waals surface area contributed by atoms with Crippen LogP contribution in [0.3, 0.4) is 0 Å². The number of hydrogen-bond donors (Lipinski definition) is 1. The molecule has 0 aromatic heterocycles. The van der Waals surface area contributed by atoms with Gasteiger partial charge in [0.15, 0.2) is 16.7 Å². The van der Waals surface area contributed by atoms with Crippen molar-refractivity contribution in [3.8, 4) is 11.5 Å². The fourth-order valence-electron chi connectivity index (χ4n) is 3.23. The van der Waals surface area contributed by atoms with E-state index in [1.54, 1.807) is 44.5 Å². The van der Waals surface area contributed by atoms with Gasteiger partial charge in [0.2, 0.25) is 0 Å². The Morgan fingerprint density at radius 1 is 1.09 bits per heavy atom. The first-order valence-corrected chi connectivity index (χ1v) is 11.7. The first kappa shape index (κ1) is 24.4. The molecule has 1 N–H and O–H groups in total. The molecule has 0 radical (unpaired) electrons. The van der Waals surface area contributed by atoms with E-state index < -0.39 is 5.97 Å².